The maximum atomic E-state index is 5.75. The van der Waals surface area contributed by atoms with E-state index in [1.807, 2.05) is 18.2 Å². The van der Waals surface area contributed by atoms with Gasteiger partial charge >= 0.3 is 0 Å². The maximum Gasteiger partial charge on any atom is 0.119 e. The second kappa shape index (κ2) is 5.17. The van der Waals surface area contributed by atoms with Gasteiger partial charge in [0.2, 0.25) is 0 Å². The lowest BCUT2D eigenvalue weighted by molar-refractivity contribution is -0.0191. The largest absolute Gasteiger partial charge is 0.497 e. The Morgan fingerprint density at radius 2 is 2.19 bits per heavy atom. The molecule has 1 fully saturated rings. The van der Waals surface area contributed by atoms with Gasteiger partial charge in [-0.2, -0.15) is 0 Å². The number of ether oxygens (including phenoxy) is 2. The second-order valence-corrected chi connectivity index (χ2v) is 4.98. The van der Waals surface area contributed by atoms with Crippen molar-refractivity contribution in [2.45, 2.75) is 31.6 Å². The quantitative estimate of drug-likeness (QED) is 0.924. The number of methoxy groups -OCH3 is 1. The first kappa shape index (κ1) is 11.9. The predicted molar refractivity (Wildman–Crippen MR) is 66.5 cm³/mol. The lowest BCUT2D eigenvalue weighted by Crippen LogP contribution is -2.41. The molecular weight excluding hydrogens is 270 g/mol. The summed E-state index contributed by atoms with van der Waals surface area (Å²) in [6.07, 6.45) is 2.27. The van der Waals surface area contributed by atoms with Crippen LogP contribution in [0, 0.1) is 0 Å². The Morgan fingerprint density at radius 3 is 2.81 bits per heavy atom. The van der Waals surface area contributed by atoms with Crippen molar-refractivity contribution in [2.75, 3.05) is 7.11 Å². The van der Waals surface area contributed by atoms with Crippen molar-refractivity contribution in [3.05, 3.63) is 28.2 Å². The van der Waals surface area contributed by atoms with Gasteiger partial charge in [0.1, 0.15) is 5.75 Å². The fraction of sp³-hybridized carbons (Fsp3) is 0.500. The van der Waals surface area contributed by atoms with Gasteiger partial charge in [0, 0.05) is 10.5 Å². The molecule has 0 spiro atoms. The van der Waals surface area contributed by atoms with Crippen LogP contribution in [0.3, 0.4) is 0 Å². The van der Waals surface area contributed by atoms with Gasteiger partial charge in [0.25, 0.3) is 0 Å². The molecule has 1 aliphatic rings. The monoisotopic (exact) mass is 285 g/mol. The van der Waals surface area contributed by atoms with E-state index in [-0.39, 0.29) is 0 Å². The number of halogens is 1. The predicted octanol–water partition coefficient (Wildman–Crippen LogP) is 2.46. The van der Waals surface area contributed by atoms with Crippen molar-refractivity contribution in [3.63, 3.8) is 0 Å². The number of rotatable bonds is 4. The molecule has 1 aromatic carbocycles. The van der Waals surface area contributed by atoms with Gasteiger partial charge in [-0.25, -0.2) is 0 Å². The SMILES string of the molecule is COc1ccc(Br)c(COC2CC(N)C2)c1. The maximum absolute atomic E-state index is 5.75. The molecule has 0 atom stereocenters. The molecule has 88 valence electrons. The lowest BCUT2D eigenvalue weighted by atomic mass is 9.90. The standard InChI is InChI=1S/C12H16BrNO2/c1-15-10-2-3-12(13)8(4-10)7-16-11-5-9(14)6-11/h2-4,9,11H,5-7,14H2,1H3. The Hall–Kier alpha value is -0.580. The number of hydrogen-bond donors (Lipinski definition) is 1. The molecule has 0 bridgehead atoms. The van der Waals surface area contributed by atoms with Crippen LogP contribution in [-0.2, 0) is 11.3 Å². The molecule has 0 heterocycles. The summed E-state index contributed by atoms with van der Waals surface area (Å²) in [6, 6.07) is 6.22. The van der Waals surface area contributed by atoms with E-state index in [0.29, 0.717) is 18.8 Å². The highest BCUT2D eigenvalue weighted by molar-refractivity contribution is 9.10. The number of hydrogen-bond acceptors (Lipinski definition) is 3. The van der Waals surface area contributed by atoms with E-state index >= 15 is 0 Å². The molecule has 3 nitrogen and oxygen atoms in total. The third-order valence-corrected chi connectivity index (χ3v) is 3.63. The fourth-order valence-corrected chi connectivity index (χ4v) is 2.10. The number of benzene rings is 1. The molecule has 0 aromatic heterocycles. The molecule has 0 aliphatic heterocycles. The lowest BCUT2D eigenvalue weighted by Gasteiger charge is -2.32. The summed E-state index contributed by atoms with van der Waals surface area (Å²) < 4.78 is 12.0. The van der Waals surface area contributed by atoms with E-state index in [2.05, 4.69) is 15.9 Å². The van der Waals surface area contributed by atoms with E-state index in [4.69, 9.17) is 15.2 Å². The average Bonchev–Trinajstić information content (AvgIpc) is 2.25. The molecule has 2 rings (SSSR count). The smallest absolute Gasteiger partial charge is 0.119 e. The molecule has 4 heteroatoms. The van der Waals surface area contributed by atoms with E-state index in [1.54, 1.807) is 7.11 Å². The van der Waals surface area contributed by atoms with Gasteiger partial charge in [-0.05, 0) is 36.6 Å². The van der Waals surface area contributed by atoms with Crippen LogP contribution in [0.1, 0.15) is 18.4 Å². The van der Waals surface area contributed by atoms with E-state index in [9.17, 15) is 0 Å². The molecule has 2 N–H and O–H groups in total. The van der Waals surface area contributed by atoms with Crippen molar-refractivity contribution in [1.29, 1.82) is 0 Å². The zero-order valence-electron chi connectivity index (χ0n) is 9.28. The van der Waals surface area contributed by atoms with Crippen molar-refractivity contribution >= 4 is 15.9 Å². The van der Waals surface area contributed by atoms with Crippen molar-refractivity contribution in [3.8, 4) is 5.75 Å². The highest BCUT2D eigenvalue weighted by atomic mass is 79.9. The number of nitrogens with two attached hydrogens (primary N) is 1. The van der Waals surface area contributed by atoms with Crippen LogP contribution in [0.25, 0.3) is 0 Å². The zero-order valence-corrected chi connectivity index (χ0v) is 10.9. The first-order valence-electron chi connectivity index (χ1n) is 5.38. The van der Waals surface area contributed by atoms with Crippen LogP contribution in [0.15, 0.2) is 22.7 Å². The summed E-state index contributed by atoms with van der Waals surface area (Å²) in [6.45, 7) is 0.606. The summed E-state index contributed by atoms with van der Waals surface area (Å²) >= 11 is 3.50. The third-order valence-electron chi connectivity index (χ3n) is 2.86. The van der Waals surface area contributed by atoms with Gasteiger partial charge in [0.05, 0.1) is 19.8 Å². The molecule has 1 aromatic rings. The topological polar surface area (TPSA) is 44.5 Å². The Kier molecular flexibility index (Phi) is 3.84. The normalized spacial score (nSPS) is 23.9. The molecule has 0 saturated heterocycles. The minimum atomic E-state index is 0.327. The zero-order chi connectivity index (χ0) is 11.5. The van der Waals surface area contributed by atoms with Crippen LogP contribution in [0.4, 0.5) is 0 Å². The Labute approximate surface area is 104 Å². The van der Waals surface area contributed by atoms with Crippen LogP contribution in [-0.4, -0.2) is 19.3 Å². The van der Waals surface area contributed by atoms with E-state index in [0.717, 1.165) is 28.6 Å². The minimum Gasteiger partial charge on any atom is -0.497 e. The summed E-state index contributed by atoms with van der Waals surface area (Å²) in [5, 5.41) is 0. The first-order chi connectivity index (χ1) is 7.69. The Bertz CT molecular complexity index is 364. The summed E-state index contributed by atoms with van der Waals surface area (Å²) in [4.78, 5) is 0. The molecular formula is C12H16BrNO2. The summed E-state index contributed by atoms with van der Waals surface area (Å²) in [5.74, 6) is 0.854. The molecule has 0 amide bonds. The van der Waals surface area contributed by atoms with Crippen LogP contribution in [0.5, 0.6) is 5.75 Å². The van der Waals surface area contributed by atoms with Gasteiger partial charge in [0.15, 0.2) is 0 Å². The van der Waals surface area contributed by atoms with Gasteiger partial charge in [-0.1, -0.05) is 15.9 Å². The molecule has 1 saturated carbocycles. The molecule has 0 radical (unpaired) electrons. The Morgan fingerprint density at radius 1 is 1.44 bits per heavy atom. The molecule has 1 aliphatic carbocycles. The Balaban J connectivity index is 1.92. The van der Waals surface area contributed by atoms with Crippen LogP contribution in [0.2, 0.25) is 0 Å². The van der Waals surface area contributed by atoms with Gasteiger partial charge in [-0.15, -0.1) is 0 Å². The second-order valence-electron chi connectivity index (χ2n) is 4.12. The van der Waals surface area contributed by atoms with Crippen molar-refractivity contribution in [2.24, 2.45) is 5.73 Å². The highest BCUT2D eigenvalue weighted by Gasteiger charge is 2.26. The highest BCUT2D eigenvalue weighted by Crippen LogP contribution is 2.26. The van der Waals surface area contributed by atoms with Crippen LogP contribution < -0.4 is 10.5 Å². The summed E-state index contributed by atoms with van der Waals surface area (Å²) in [5.41, 5.74) is 6.82. The molecule has 16 heavy (non-hydrogen) atoms. The van der Waals surface area contributed by atoms with Gasteiger partial charge in [-0.3, -0.25) is 0 Å². The van der Waals surface area contributed by atoms with E-state index in [1.165, 1.54) is 0 Å². The first-order valence-corrected chi connectivity index (χ1v) is 6.18. The fourth-order valence-electron chi connectivity index (χ4n) is 1.74. The third kappa shape index (κ3) is 2.75. The minimum absolute atomic E-state index is 0.327. The van der Waals surface area contributed by atoms with Gasteiger partial charge < -0.3 is 15.2 Å². The average molecular weight is 286 g/mol. The van der Waals surface area contributed by atoms with Crippen molar-refractivity contribution in [1.82, 2.24) is 0 Å². The molecule has 0 unspecified atom stereocenters. The van der Waals surface area contributed by atoms with E-state index < -0.39 is 0 Å². The van der Waals surface area contributed by atoms with Crippen LogP contribution >= 0.6 is 15.9 Å². The summed E-state index contributed by atoms with van der Waals surface area (Å²) in [7, 11) is 1.67. The van der Waals surface area contributed by atoms with Crippen molar-refractivity contribution < 1.29 is 9.47 Å².